The first-order valence-corrected chi connectivity index (χ1v) is 7.89. The maximum Gasteiger partial charge on any atom is 0.414 e. The summed E-state index contributed by atoms with van der Waals surface area (Å²) in [7, 11) is 0. The number of para-hydroxylation sites is 1. The van der Waals surface area contributed by atoms with E-state index in [2.05, 4.69) is 0 Å². The molecule has 23 heavy (non-hydrogen) atoms. The van der Waals surface area contributed by atoms with Crippen LogP contribution in [0.3, 0.4) is 0 Å². The highest BCUT2D eigenvalue weighted by molar-refractivity contribution is 6.10. The minimum atomic E-state index is -0.372. The van der Waals surface area contributed by atoms with Gasteiger partial charge in [0.25, 0.3) is 0 Å². The lowest BCUT2D eigenvalue weighted by Crippen LogP contribution is -2.56. The van der Waals surface area contributed by atoms with Crippen LogP contribution in [-0.2, 0) is 11.3 Å². The Bertz CT molecular complexity index is 756. The van der Waals surface area contributed by atoms with Gasteiger partial charge in [0.2, 0.25) is 0 Å². The standard InChI is InChI=1S/C19H17NO3/c21-18-14-8-4-5-9-16(14)20(17-11-10-15(17)18)19(22)23-12-13-6-2-1-3-7-13/h1-9,15,17H,10-12H2/t15-,17+/m1/s1. The van der Waals surface area contributed by atoms with E-state index in [1.54, 1.807) is 11.0 Å². The molecule has 2 aromatic rings. The van der Waals surface area contributed by atoms with Crippen LogP contribution in [0.2, 0.25) is 0 Å². The van der Waals surface area contributed by atoms with E-state index in [1.165, 1.54) is 0 Å². The Morgan fingerprint density at radius 2 is 1.78 bits per heavy atom. The average molecular weight is 307 g/mol. The van der Waals surface area contributed by atoms with Crippen LogP contribution in [0.5, 0.6) is 0 Å². The molecule has 4 heteroatoms. The predicted octanol–water partition coefficient (Wildman–Crippen LogP) is 3.80. The molecule has 116 valence electrons. The zero-order valence-corrected chi connectivity index (χ0v) is 12.6. The monoisotopic (exact) mass is 307 g/mol. The first-order chi connectivity index (χ1) is 11.3. The van der Waals surface area contributed by atoms with Gasteiger partial charge in [-0.3, -0.25) is 9.69 Å². The molecule has 1 heterocycles. The summed E-state index contributed by atoms with van der Waals surface area (Å²) in [5.74, 6) is 0.0816. The van der Waals surface area contributed by atoms with E-state index in [1.807, 2.05) is 48.5 Å². The predicted molar refractivity (Wildman–Crippen MR) is 86.4 cm³/mol. The summed E-state index contributed by atoms with van der Waals surface area (Å²) in [5.41, 5.74) is 2.26. The van der Waals surface area contributed by atoms with E-state index >= 15 is 0 Å². The Kier molecular flexibility index (Phi) is 3.37. The number of amides is 1. The van der Waals surface area contributed by atoms with Crippen LogP contribution in [0, 0.1) is 5.92 Å². The highest BCUT2D eigenvalue weighted by Crippen LogP contribution is 2.44. The lowest BCUT2D eigenvalue weighted by molar-refractivity contribution is 0.0782. The van der Waals surface area contributed by atoms with Crippen LogP contribution < -0.4 is 4.90 Å². The van der Waals surface area contributed by atoms with Gasteiger partial charge in [0, 0.05) is 11.5 Å². The molecular formula is C19H17NO3. The van der Waals surface area contributed by atoms with Gasteiger partial charge >= 0.3 is 6.09 Å². The Morgan fingerprint density at radius 3 is 2.52 bits per heavy atom. The lowest BCUT2D eigenvalue weighted by Gasteiger charge is -2.46. The second kappa shape index (κ2) is 5.54. The van der Waals surface area contributed by atoms with Gasteiger partial charge < -0.3 is 4.74 Å². The maximum absolute atomic E-state index is 12.6. The van der Waals surface area contributed by atoms with E-state index in [4.69, 9.17) is 4.74 Å². The van der Waals surface area contributed by atoms with Crippen LogP contribution in [0.4, 0.5) is 10.5 Å². The van der Waals surface area contributed by atoms with Gasteiger partial charge in [0.05, 0.1) is 11.7 Å². The molecule has 0 aromatic heterocycles. The topological polar surface area (TPSA) is 46.6 Å². The van der Waals surface area contributed by atoms with Crippen molar-refractivity contribution in [2.75, 3.05) is 4.90 Å². The van der Waals surface area contributed by atoms with Gasteiger partial charge in [0.15, 0.2) is 5.78 Å². The molecule has 0 radical (unpaired) electrons. The number of carbonyl (C=O) groups is 2. The molecule has 0 unspecified atom stereocenters. The van der Waals surface area contributed by atoms with Crippen LogP contribution >= 0.6 is 0 Å². The van der Waals surface area contributed by atoms with E-state index in [9.17, 15) is 9.59 Å². The molecular weight excluding hydrogens is 290 g/mol. The van der Waals surface area contributed by atoms with Gasteiger partial charge in [-0.1, -0.05) is 42.5 Å². The maximum atomic E-state index is 12.6. The summed E-state index contributed by atoms with van der Waals surface area (Å²) in [4.78, 5) is 26.7. The molecule has 0 N–H and O–H groups in total. The summed E-state index contributed by atoms with van der Waals surface area (Å²) in [6.07, 6.45) is 1.33. The lowest BCUT2D eigenvalue weighted by atomic mass is 9.71. The van der Waals surface area contributed by atoms with Gasteiger partial charge in [-0.15, -0.1) is 0 Å². The highest BCUT2D eigenvalue weighted by atomic mass is 16.6. The smallest absolute Gasteiger partial charge is 0.414 e. The molecule has 2 aliphatic rings. The largest absolute Gasteiger partial charge is 0.444 e. The zero-order chi connectivity index (χ0) is 15.8. The zero-order valence-electron chi connectivity index (χ0n) is 12.6. The van der Waals surface area contributed by atoms with Crippen molar-refractivity contribution in [1.29, 1.82) is 0 Å². The van der Waals surface area contributed by atoms with Crippen molar-refractivity contribution < 1.29 is 14.3 Å². The number of hydrogen-bond acceptors (Lipinski definition) is 3. The van der Waals surface area contributed by atoms with Crippen molar-refractivity contribution in [2.45, 2.75) is 25.5 Å². The van der Waals surface area contributed by atoms with Crippen molar-refractivity contribution >= 4 is 17.6 Å². The number of anilines is 1. The van der Waals surface area contributed by atoms with Crippen molar-refractivity contribution in [3.05, 3.63) is 65.7 Å². The van der Waals surface area contributed by atoms with Gasteiger partial charge in [-0.05, 0) is 30.5 Å². The van der Waals surface area contributed by atoms with Gasteiger partial charge in [0.1, 0.15) is 6.61 Å². The molecule has 0 saturated heterocycles. The van der Waals surface area contributed by atoms with E-state index in [-0.39, 0.29) is 30.4 Å². The van der Waals surface area contributed by atoms with E-state index < -0.39 is 0 Å². The van der Waals surface area contributed by atoms with Crippen molar-refractivity contribution in [3.63, 3.8) is 0 Å². The van der Waals surface area contributed by atoms with Crippen LogP contribution in [0.15, 0.2) is 54.6 Å². The fourth-order valence-corrected chi connectivity index (χ4v) is 3.39. The summed E-state index contributed by atoms with van der Waals surface area (Å²) < 4.78 is 5.49. The first-order valence-electron chi connectivity index (χ1n) is 7.89. The molecule has 2 aromatic carbocycles. The first kappa shape index (κ1) is 14.0. The van der Waals surface area contributed by atoms with Crippen molar-refractivity contribution in [3.8, 4) is 0 Å². The average Bonchev–Trinajstić information content (AvgIpc) is 2.56. The number of ether oxygens (including phenoxy) is 1. The molecule has 1 amide bonds. The summed E-state index contributed by atoms with van der Waals surface area (Å²) in [5, 5.41) is 0. The van der Waals surface area contributed by atoms with Crippen molar-refractivity contribution in [1.82, 2.24) is 0 Å². The van der Waals surface area contributed by atoms with E-state index in [0.717, 1.165) is 18.4 Å². The Labute approximate surface area is 134 Å². The van der Waals surface area contributed by atoms with Gasteiger partial charge in [-0.2, -0.15) is 0 Å². The highest BCUT2D eigenvalue weighted by Gasteiger charge is 2.48. The molecule has 1 fully saturated rings. The molecule has 1 saturated carbocycles. The minimum absolute atomic E-state index is 0.0549. The molecule has 4 nitrogen and oxygen atoms in total. The Balaban J connectivity index is 1.59. The second-order valence-electron chi connectivity index (χ2n) is 6.04. The van der Waals surface area contributed by atoms with Crippen LogP contribution in [-0.4, -0.2) is 17.9 Å². The molecule has 1 aliphatic carbocycles. The minimum Gasteiger partial charge on any atom is -0.444 e. The quantitative estimate of drug-likeness (QED) is 0.847. The van der Waals surface area contributed by atoms with Crippen LogP contribution in [0.25, 0.3) is 0 Å². The fraction of sp³-hybridized carbons (Fsp3) is 0.263. The Hall–Kier alpha value is -2.62. The van der Waals surface area contributed by atoms with Crippen LogP contribution in [0.1, 0.15) is 28.8 Å². The third-order valence-corrected chi connectivity index (χ3v) is 4.74. The molecule has 2 atom stereocenters. The number of fused-ring (bicyclic) bond motifs is 2. The van der Waals surface area contributed by atoms with Gasteiger partial charge in [-0.25, -0.2) is 4.79 Å². The SMILES string of the molecule is O=C1c2ccccc2N(C(=O)OCc2ccccc2)[C@H]2CC[C@@H]12. The number of carbonyl (C=O) groups excluding carboxylic acids is 2. The molecule has 0 bridgehead atoms. The summed E-state index contributed by atoms with van der Waals surface area (Å²) in [6.45, 7) is 0.240. The number of rotatable bonds is 2. The van der Waals surface area contributed by atoms with Crippen molar-refractivity contribution in [2.24, 2.45) is 5.92 Å². The number of ketones is 1. The molecule has 0 spiro atoms. The third kappa shape index (κ3) is 2.31. The molecule has 4 rings (SSSR count). The fourth-order valence-electron chi connectivity index (χ4n) is 3.39. The number of Topliss-reactive ketones (excluding diaryl/α,β-unsaturated/α-hetero) is 1. The normalized spacial score (nSPS) is 21.9. The molecule has 1 aliphatic heterocycles. The summed E-state index contributed by atoms with van der Waals surface area (Å²) >= 11 is 0. The summed E-state index contributed by atoms with van der Waals surface area (Å²) in [6, 6.07) is 16.9. The van der Waals surface area contributed by atoms with E-state index in [0.29, 0.717) is 11.3 Å². The third-order valence-electron chi connectivity index (χ3n) is 4.74. The number of hydrogen-bond donors (Lipinski definition) is 0. The second-order valence-corrected chi connectivity index (χ2v) is 6.04. The number of nitrogens with zero attached hydrogens (tertiary/aromatic N) is 1. The Morgan fingerprint density at radius 1 is 1.04 bits per heavy atom. The number of benzene rings is 2.